The van der Waals surface area contributed by atoms with Crippen LogP contribution in [-0.2, 0) is 24.3 Å². The Hall–Kier alpha value is -3.37. The van der Waals surface area contributed by atoms with Crippen molar-refractivity contribution in [2.75, 3.05) is 25.3 Å². The van der Waals surface area contributed by atoms with E-state index in [4.69, 9.17) is 14.2 Å². The Labute approximate surface area is 173 Å². The maximum absolute atomic E-state index is 11.9. The van der Waals surface area contributed by atoms with E-state index < -0.39 is 35.1 Å². The summed E-state index contributed by atoms with van der Waals surface area (Å²) in [5.74, 6) is -0.395. The van der Waals surface area contributed by atoms with Gasteiger partial charge in [-0.25, -0.2) is 13.1 Å². The third-order valence-corrected chi connectivity index (χ3v) is 5.00. The number of fused-ring (bicyclic) bond motifs is 1. The van der Waals surface area contributed by atoms with Crippen molar-refractivity contribution in [2.45, 2.75) is 6.92 Å². The fraction of sp³-hybridized carbons (Fsp3) is 0.200. The maximum Gasteiger partial charge on any atom is 0.321 e. The minimum atomic E-state index is -3.84. The first-order valence-electron chi connectivity index (χ1n) is 8.90. The highest BCUT2D eigenvalue weighted by Gasteiger charge is 2.15. The van der Waals surface area contributed by atoms with Gasteiger partial charge in [0.15, 0.2) is 18.1 Å². The van der Waals surface area contributed by atoms with E-state index in [9.17, 15) is 18.0 Å². The highest BCUT2D eigenvalue weighted by molar-refractivity contribution is 7.92. The fourth-order valence-electron chi connectivity index (χ4n) is 2.42. The summed E-state index contributed by atoms with van der Waals surface area (Å²) >= 11 is 0. The molecule has 0 bridgehead atoms. The number of ether oxygens (including phenoxy) is 3. The number of hydrogen-bond acceptors (Lipinski definition) is 7. The summed E-state index contributed by atoms with van der Waals surface area (Å²) in [4.78, 5) is 23.6. The molecule has 158 valence electrons. The Morgan fingerprint density at radius 1 is 1.10 bits per heavy atom. The molecule has 3 rings (SSSR count). The molecule has 10 heteroatoms. The van der Waals surface area contributed by atoms with Crippen LogP contribution in [-0.4, -0.2) is 40.2 Å². The van der Waals surface area contributed by atoms with Crippen molar-refractivity contribution in [1.82, 2.24) is 4.72 Å². The van der Waals surface area contributed by atoms with E-state index in [1.165, 1.54) is 6.08 Å². The lowest BCUT2D eigenvalue weighted by molar-refractivity contribution is -0.146. The molecule has 2 aromatic carbocycles. The third-order valence-electron chi connectivity index (χ3n) is 3.96. The van der Waals surface area contributed by atoms with Crippen LogP contribution in [0.2, 0.25) is 0 Å². The summed E-state index contributed by atoms with van der Waals surface area (Å²) in [6.07, 6.45) is 1.41. The van der Waals surface area contributed by atoms with Crippen LogP contribution in [0.15, 0.2) is 47.9 Å². The molecule has 0 saturated heterocycles. The standard InChI is InChI=1S/C20H20N2O7S/c1-14-2-4-15(5-3-14)8-9-30(25,26)21-11-20(24)27-12-19(23)22-16-6-7-17-18(10-16)29-13-28-17/h2-10,21H,11-13H2,1H3,(H,22,23)/b9-8+. The Morgan fingerprint density at radius 3 is 2.60 bits per heavy atom. The molecule has 2 aromatic rings. The zero-order valence-corrected chi connectivity index (χ0v) is 16.9. The minimum Gasteiger partial charge on any atom is -0.455 e. The Morgan fingerprint density at radius 2 is 1.83 bits per heavy atom. The molecule has 1 aliphatic heterocycles. The first-order valence-corrected chi connectivity index (χ1v) is 10.4. The van der Waals surface area contributed by atoms with Crippen molar-refractivity contribution in [1.29, 1.82) is 0 Å². The number of sulfonamides is 1. The number of benzene rings is 2. The molecular weight excluding hydrogens is 412 g/mol. The zero-order valence-electron chi connectivity index (χ0n) is 16.1. The highest BCUT2D eigenvalue weighted by atomic mass is 32.2. The van der Waals surface area contributed by atoms with E-state index in [0.717, 1.165) is 11.0 Å². The second-order valence-electron chi connectivity index (χ2n) is 6.36. The molecule has 0 spiro atoms. The fourth-order valence-corrected chi connectivity index (χ4v) is 3.17. The van der Waals surface area contributed by atoms with Gasteiger partial charge in [-0.15, -0.1) is 0 Å². The number of hydrogen-bond donors (Lipinski definition) is 2. The predicted molar refractivity (Wildman–Crippen MR) is 109 cm³/mol. The summed E-state index contributed by atoms with van der Waals surface area (Å²) in [6.45, 7) is 0.874. The van der Waals surface area contributed by atoms with E-state index in [0.29, 0.717) is 22.7 Å². The second-order valence-corrected chi connectivity index (χ2v) is 8.01. The largest absolute Gasteiger partial charge is 0.455 e. The van der Waals surface area contributed by atoms with Crippen LogP contribution in [0.1, 0.15) is 11.1 Å². The Balaban J connectivity index is 1.41. The van der Waals surface area contributed by atoms with Crippen LogP contribution in [0.25, 0.3) is 6.08 Å². The van der Waals surface area contributed by atoms with Gasteiger partial charge in [-0.2, -0.15) is 0 Å². The number of carbonyl (C=O) groups excluding carboxylic acids is 2. The van der Waals surface area contributed by atoms with Crippen molar-refractivity contribution in [3.8, 4) is 11.5 Å². The van der Waals surface area contributed by atoms with Gasteiger partial charge < -0.3 is 19.5 Å². The lowest BCUT2D eigenvalue weighted by Crippen LogP contribution is -2.31. The second kappa shape index (κ2) is 9.42. The monoisotopic (exact) mass is 432 g/mol. The van der Waals surface area contributed by atoms with E-state index in [1.54, 1.807) is 30.3 Å². The lowest BCUT2D eigenvalue weighted by Gasteiger charge is -2.07. The molecule has 0 unspecified atom stereocenters. The van der Waals surface area contributed by atoms with Crippen LogP contribution in [0.4, 0.5) is 5.69 Å². The number of aryl methyl sites for hydroxylation is 1. The van der Waals surface area contributed by atoms with E-state index in [2.05, 4.69) is 10.0 Å². The third kappa shape index (κ3) is 6.33. The molecule has 30 heavy (non-hydrogen) atoms. The SMILES string of the molecule is Cc1ccc(/C=C/S(=O)(=O)NCC(=O)OCC(=O)Nc2ccc3c(c2)OCO3)cc1. The van der Waals surface area contributed by atoms with Crippen molar-refractivity contribution in [3.63, 3.8) is 0 Å². The van der Waals surface area contributed by atoms with E-state index in [-0.39, 0.29) is 6.79 Å². The minimum absolute atomic E-state index is 0.112. The molecule has 1 amide bonds. The Kier molecular flexibility index (Phi) is 6.70. The molecule has 1 aliphatic rings. The van der Waals surface area contributed by atoms with Crippen LogP contribution in [0, 0.1) is 6.92 Å². The quantitative estimate of drug-likeness (QED) is 0.610. The first-order chi connectivity index (χ1) is 14.3. The first kappa shape index (κ1) is 21.3. The van der Waals surface area contributed by atoms with Gasteiger partial charge in [0.05, 0.1) is 0 Å². The number of carbonyl (C=O) groups is 2. The molecular formula is C20H20N2O7S. The molecule has 0 aromatic heterocycles. The molecule has 2 N–H and O–H groups in total. The summed E-state index contributed by atoms with van der Waals surface area (Å²) in [6, 6.07) is 12.1. The van der Waals surface area contributed by atoms with E-state index in [1.807, 2.05) is 19.1 Å². The molecule has 0 atom stereocenters. The topological polar surface area (TPSA) is 120 Å². The van der Waals surface area contributed by atoms with Crippen molar-refractivity contribution in [3.05, 3.63) is 59.0 Å². The number of anilines is 1. The van der Waals surface area contributed by atoms with Crippen LogP contribution >= 0.6 is 0 Å². The van der Waals surface area contributed by atoms with Crippen LogP contribution in [0.5, 0.6) is 11.5 Å². The Bertz CT molecular complexity index is 1060. The lowest BCUT2D eigenvalue weighted by atomic mass is 10.2. The van der Waals surface area contributed by atoms with Crippen molar-refractivity contribution < 1.29 is 32.2 Å². The van der Waals surface area contributed by atoms with Crippen molar-refractivity contribution in [2.24, 2.45) is 0 Å². The smallest absolute Gasteiger partial charge is 0.321 e. The molecule has 0 fully saturated rings. The summed E-state index contributed by atoms with van der Waals surface area (Å²) in [5.41, 5.74) is 2.20. The average Bonchev–Trinajstić information content (AvgIpc) is 3.18. The number of amides is 1. The normalized spacial score (nSPS) is 12.7. The van der Waals surface area contributed by atoms with Gasteiger partial charge >= 0.3 is 5.97 Å². The van der Waals surface area contributed by atoms with Crippen LogP contribution in [0.3, 0.4) is 0 Å². The van der Waals surface area contributed by atoms with Crippen molar-refractivity contribution >= 4 is 33.7 Å². The summed E-state index contributed by atoms with van der Waals surface area (Å²) in [7, 11) is -3.84. The summed E-state index contributed by atoms with van der Waals surface area (Å²) in [5, 5.41) is 3.50. The molecule has 0 radical (unpaired) electrons. The number of nitrogens with one attached hydrogen (secondary N) is 2. The highest BCUT2D eigenvalue weighted by Crippen LogP contribution is 2.34. The molecule has 9 nitrogen and oxygen atoms in total. The molecule has 0 saturated carbocycles. The van der Waals surface area contributed by atoms with Crippen LogP contribution < -0.4 is 19.5 Å². The van der Waals surface area contributed by atoms with Gasteiger partial charge in [0, 0.05) is 17.2 Å². The summed E-state index contributed by atoms with van der Waals surface area (Å²) < 4.78 is 41.1. The number of esters is 1. The van der Waals surface area contributed by atoms with Gasteiger partial charge in [-0.05, 0) is 30.7 Å². The number of rotatable bonds is 8. The van der Waals surface area contributed by atoms with Gasteiger partial charge in [0.2, 0.25) is 16.8 Å². The zero-order chi connectivity index (χ0) is 21.6. The average molecular weight is 432 g/mol. The molecule has 1 heterocycles. The van der Waals surface area contributed by atoms with Gasteiger partial charge in [0.25, 0.3) is 5.91 Å². The maximum atomic E-state index is 11.9. The molecule has 0 aliphatic carbocycles. The van der Waals surface area contributed by atoms with E-state index >= 15 is 0 Å². The predicted octanol–water partition coefficient (Wildman–Crippen LogP) is 1.80. The van der Waals surface area contributed by atoms with Gasteiger partial charge in [0.1, 0.15) is 6.54 Å². The van der Waals surface area contributed by atoms with Gasteiger partial charge in [-0.1, -0.05) is 29.8 Å². The van der Waals surface area contributed by atoms with Gasteiger partial charge in [-0.3, -0.25) is 9.59 Å².